The van der Waals surface area contributed by atoms with Gasteiger partial charge in [0.2, 0.25) is 0 Å². The zero-order chi connectivity index (χ0) is 18.4. The molecule has 0 radical (unpaired) electrons. The molecule has 3 heterocycles. The Morgan fingerprint density at radius 2 is 1.70 bits per heavy atom. The number of carbonyl (C=O) groups is 1. The zero-order valence-corrected chi connectivity index (χ0v) is 15.7. The molecule has 2 aliphatic heterocycles. The molecule has 1 saturated heterocycles. The van der Waals surface area contributed by atoms with Gasteiger partial charge in [-0.05, 0) is 38.2 Å². The Bertz CT molecular complexity index is 1020. The van der Waals surface area contributed by atoms with Gasteiger partial charge in [0.25, 0.3) is 5.91 Å². The summed E-state index contributed by atoms with van der Waals surface area (Å²) in [6.07, 6.45) is 0.991. The highest BCUT2D eigenvalue weighted by atomic mass is 16.2. The first-order valence-electron chi connectivity index (χ1n) is 9.76. The fraction of sp³-hybridized carbons (Fsp3) is 0.364. The first-order chi connectivity index (χ1) is 13.2. The number of hydrogen-bond donors (Lipinski definition) is 0. The second kappa shape index (κ2) is 6.59. The number of para-hydroxylation sites is 1. The summed E-state index contributed by atoms with van der Waals surface area (Å²) in [4.78, 5) is 24.9. The van der Waals surface area contributed by atoms with Gasteiger partial charge in [-0.25, -0.2) is 4.98 Å². The Morgan fingerprint density at radius 1 is 0.926 bits per heavy atom. The van der Waals surface area contributed by atoms with E-state index in [0.717, 1.165) is 78.7 Å². The van der Waals surface area contributed by atoms with Crippen LogP contribution in [-0.2, 0) is 0 Å². The summed E-state index contributed by atoms with van der Waals surface area (Å²) in [5.74, 6) is 0.123. The SMILES string of the molecule is CN1CCN(CCCN2C(=O)c3c4ccccc4nc4cccc2c34)CC1. The van der Waals surface area contributed by atoms with E-state index in [1.165, 1.54) is 0 Å². The van der Waals surface area contributed by atoms with Gasteiger partial charge >= 0.3 is 0 Å². The van der Waals surface area contributed by atoms with Gasteiger partial charge in [-0.15, -0.1) is 0 Å². The summed E-state index contributed by atoms with van der Waals surface area (Å²) in [7, 11) is 2.18. The van der Waals surface area contributed by atoms with E-state index in [9.17, 15) is 4.79 Å². The maximum absolute atomic E-state index is 13.3. The minimum atomic E-state index is 0.123. The van der Waals surface area contributed by atoms with Gasteiger partial charge in [0.05, 0.1) is 22.3 Å². The molecule has 0 N–H and O–H groups in total. The molecular formula is C22H24N4O. The van der Waals surface area contributed by atoms with E-state index < -0.39 is 0 Å². The van der Waals surface area contributed by atoms with Crippen molar-refractivity contribution in [2.45, 2.75) is 6.42 Å². The smallest absolute Gasteiger partial charge is 0.259 e. The molecule has 27 heavy (non-hydrogen) atoms. The van der Waals surface area contributed by atoms with Crippen LogP contribution in [0.3, 0.4) is 0 Å². The fourth-order valence-corrected chi connectivity index (χ4v) is 4.36. The van der Waals surface area contributed by atoms with Crippen LogP contribution in [0.2, 0.25) is 0 Å². The van der Waals surface area contributed by atoms with Gasteiger partial charge in [-0.3, -0.25) is 4.79 Å². The van der Waals surface area contributed by atoms with Crippen LogP contribution >= 0.6 is 0 Å². The molecule has 2 aromatic carbocycles. The molecule has 0 aliphatic carbocycles. The van der Waals surface area contributed by atoms with Crippen LogP contribution < -0.4 is 4.90 Å². The molecule has 5 nitrogen and oxygen atoms in total. The molecule has 3 aromatic rings. The lowest BCUT2D eigenvalue weighted by atomic mass is 10.0. The van der Waals surface area contributed by atoms with Crippen LogP contribution in [-0.4, -0.2) is 67.0 Å². The molecular weight excluding hydrogens is 336 g/mol. The molecule has 0 atom stereocenters. The van der Waals surface area contributed by atoms with Crippen molar-refractivity contribution in [2.24, 2.45) is 0 Å². The van der Waals surface area contributed by atoms with Crippen molar-refractivity contribution in [3.8, 4) is 0 Å². The van der Waals surface area contributed by atoms with Crippen molar-refractivity contribution in [1.82, 2.24) is 14.8 Å². The molecule has 138 valence electrons. The summed E-state index contributed by atoms with van der Waals surface area (Å²) < 4.78 is 0. The van der Waals surface area contributed by atoms with Crippen LogP contribution in [0.1, 0.15) is 16.8 Å². The Morgan fingerprint density at radius 3 is 2.56 bits per heavy atom. The molecule has 0 unspecified atom stereocenters. The van der Waals surface area contributed by atoms with Gasteiger partial charge in [0.1, 0.15) is 0 Å². The Labute approximate surface area is 159 Å². The van der Waals surface area contributed by atoms with Crippen molar-refractivity contribution < 1.29 is 4.79 Å². The molecule has 5 rings (SSSR count). The molecule has 5 heteroatoms. The summed E-state index contributed by atoms with van der Waals surface area (Å²) in [5, 5.41) is 1.98. The number of benzene rings is 2. The molecule has 0 saturated carbocycles. The summed E-state index contributed by atoms with van der Waals surface area (Å²) in [6.45, 7) is 6.30. The highest BCUT2D eigenvalue weighted by Crippen LogP contribution is 2.40. The number of hydrogen-bond acceptors (Lipinski definition) is 4. The van der Waals surface area contributed by atoms with Gasteiger partial charge < -0.3 is 14.7 Å². The molecule has 0 bridgehead atoms. The van der Waals surface area contributed by atoms with Crippen LogP contribution in [0.5, 0.6) is 0 Å². The fourth-order valence-electron chi connectivity index (χ4n) is 4.36. The van der Waals surface area contributed by atoms with E-state index in [-0.39, 0.29) is 5.91 Å². The maximum Gasteiger partial charge on any atom is 0.259 e. The van der Waals surface area contributed by atoms with Gasteiger partial charge in [-0.1, -0.05) is 24.3 Å². The lowest BCUT2D eigenvalue weighted by molar-refractivity contribution is 0.0992. The third kappa shape index (κ3) is 2.78. The van der Waals surface area contributed by atoms with Crippen LogP contribution in [0.25, 0.3) is 21.8 Å². The van der Waals surface area contributed by atoms with E-state index >= 15 is 0 Å². The standard InChI is InChI=1S/C22H24N4O/c1-24-12-14-25(15-13-24)10-5-11-26-19-9-4-8-18-21(19)20(22(26)27)16-6-2-3-7-17(16)23-18/h2-4,6-9H,5,10-15H2,1H3. The molecule has 1 aromatic heterocycles. The topological polar surface area (TPSA) is 39.7 Å². The number of likely N-dealkylation sites (N-methyl/N-ethyl adjacent to an activating group) is 1. The second-order valence-electron chi connectivity index (χ2n) is 7.63. The average Bonchev–Trinajstić information content (AvgIpc) is 2.98. The van der Waals surface area contributed by atoms with Crippen molar-refractivity contribution in [2.75, 3.05) is 51.2 Å². The Balaban J connectivity index is 1.42. The first kappa shape index (κ1) is 16.7. The van der Waals surface area contributed by atoms with E-state index in [4.69, 9.17) is 4.98 Å². The highest BCUT2D eigenvalue weighted by molar-refractivity contribution is 6.30. The van der Waals surface area contributed by atoms with Crippen molar-refractivity contribution in [3.05, 3.63) is 48.0 Å². The monoisotopic (exact) mass is 360 g/mol. The summed E-state index contributed by atoms with van der Waals surface area (Å²) in [6, 6.07) is 14.0. The Kier molecular flexibility index (Phi) is 4.06. The minimum Gasteiger partial charge on any atom is -0.308 e. The van der Waals surface area contributed by atoms with E-state index in [1.807, 2.05) is 41.3 Å². The van der Waals surface area contributed by atoms with Gasteiger partial charge in [-0.2, -0.15) is 0 Å². The number of pyridine rings is 1. The van der Waals surface area contributed by atoms with Crippen molar-refractivity contribution in [3.63, 3.8) is 0 Å². The number of amides is 1. The number of aromatic nitrogens is 1. The van der Waals surface area contributed by atoms with Crippen molar-refractivity contribution >= 4 is 33.4 Å². The number of carbonyl (C=O) groups excluding carboxylic acids is 1. The number of fused-ring (bicyclic) bond motifs is 2. The quantitative estimate of drug-likeness (QED) is 0.671. The van der Waals surface area contributed by atoms with Crippen LogP contribution in [0.4, 0.5) is 5.69 Å². The predicted molar refractivity (Wildman–Crippen MR) is 109 cm³/mol. The summed E-state index contributed by atoms with van der Waals surface area (Å²) in [5.41, 5.74) is 3.65. The maximum atomic E-state index is 13.3. The van der Waals surface area contributed by atoms with Crippen LogP contribution in [0.15, 0.2) is 42.5 Å². The van der Waals surface area contributed by atoms with E-state index in [0.29, 0.717) is 0 Å². The molecule has 0 spiro atoms. The molecule has 2 aliphatic rings. The number of nitrogens with zero attached hydrogens (tertiary/aromatic N) is 4. The second-order valence-corrected chi connectivity index (χ2v) is 7.63. The first-order valence-corrected chi connectivity index (χ1v) is 9.76. The number of rotatable bonds is 4. The third-order valence-electron chi connectivity index (χ3n) is 5.89. The Hall–Kier alpha value is -2.50. The highest BCUT2D eigenvalue weighted by Gasteiger charge is 2.32. The predicted octanol–water partition coefficient (Wildman–Crippen LogP) is 2.99. The third-order valence-corrected chi connectivity index (χ3v) is 5.89. The lowest BCUT2D eigenvalue weighted by Gasteiger charge is -2.32. The lowest BCUT2D eigenvalue weighted by Crippen LogP contribution is -2.45. The average molecular weight is 360 g/mol. The van der Waals surface area contributed by atoms with Gasteiger partial charge in [0.15, 0.2) is 0 Å². The normalized spacial score (nSPS) is 18.1. The van der Waals surface area contributed by atoms with Crippen LogP contribution in [0, 0.1) is 0 Å². The number of anilines is 1. The molecule has 1 amide bonds. The zero-order valence-electron chi connectivity index (χ0n) is 15.7. The largest absolute Gasteiger partial charge is 0.308 e. The van der Waals surface area contributed by atoms with Crippen molar-refractivity contribution in [1.29, 1.82) is 0 Å². The van der Waals surface area contributed by atoms with Gasteiger partial charge in [0, 0.05) is 43.5 Å². The van der Waals surface area contributed by atoms with E-state index in [1.54, 1.807) is 0 Å². The van der Waals surface area contributed by atoms with E-state index in [2.05, 4.69) is 22.9 Å². The molecule has 1 fully saturated rings. The minimum absolute atomic E-state index is 0.123. The number of piperazine rings is 1. The summed E-state index contributed by atoms with van der Waals surface area (Å²) >= 11 is 0.